The van der Waals surface area contributed by atoms with Gasteiger partial charge in [-0.05, 0) is 44.9 Å². The number of nitrogens with one attached hydrogen (secondary N) is 1. The maximum atomic E-state index is 10.4. The first-order valence-electron chi connectivity index (χ1n) is 6.22. The van der Waals surface area contributed by atoms with E-state index >= 15 is 0 Å². The van der Waals surface area contributed by atoms with E-state index in [2.05, 4.69) is 15.5 Å². The van der Waals surface area contributed by atoms with Crippen molar-refractivity contribution in [1.29, 1.82) is 0 Å². The maximum Gasteiger partial charge on any atom is 0.266 e. The minimum absolute atomic E-state index is 0.348. The number of rotatable bonds is 4. The van der Waals surface area contributed by atoms with E-state index < -0.39 is 5.60 Å². The molecule has 0 amide bonds. The van der Waals surface area contributed by atoms with Crippen LogP contribution in [0, 0.1) is 0 Å². The van der Waals surface area contributed by atoms with Gasteiger partial charge in [0.25, 0.3) is 11.8 Å². The summed E-state index contributed by atoms with van der Waals surface area (Å²) in [5.41, 5.74) is -0.955. The van der Waals surface area contributed by atoms with Crippen LogP contribution in [0.25, 0.3) is 0 Å². The van der Waals surface area contributed by atoms with Crippen LogP contribution in [0.4, 0.5) is 5.95 Å². The molecule has 1 aliphatic rings. The van der Waals surface area contributed by atoms with Gasteiger partial charge in [-0.3, -0.25) is 0 Å². The van der Waals surface area contributed by atoms with Gasteiger partial charge in [0, 0.05) is 13.1 Å². The summed E-state index contributed by atoms with van der Waals surface area (Å²) in [7, 11) is 0. The standard InChI is InChI=1S/C11H20N4O2/c1-3-15(4-2)10-13-9(17-14-10)11(16)5-7-12-8-6-11/h12,16H,3-8H2,1-2H3. The minimum atomic E-state index is -0.955. The van der Waals surface area contributed by atoms with Gasteiger partial charge in [-0.1, -0.05) is 0 Å². The van der Waals surface area contributed by atoms with Gasteiger partial charge in [-0.2, -0.15) is 4.98 Å². The van der Waals surface area contributed by atoms with Crippen LogP contribution in [-0.2, 0) is 5.60 Å². The van der Waals surface area contributed by atoms with Gasteiger partial charge in [0.05, 0.1) is 0 Å². The monoisotopic (exact) mass is 240 g/mol. The summed E-state index contributed by atoms with van der Waals surface area (Å²) in [5, 5.41) is 17.6. The summed E-state index contributed by atoms with van der Waals surface area (Å²) in [5.74, 6) is 0.915. The van der Waals surface area contributed by atoms with Gasteiger partial charge in [-0.15, -0.1) is 0 Å². The fourth-order valence-corrected chi connectivity index (χ4v) is 2.09. The number of aliphatic hydroxyl groups is 1. The predicted molar refractivity (Wildman–Crippen MR) is 63.9 cm³/mol. The summed E-state index contributed by atoms with van der Waals surface area (Å²) in [6, 6.07) is 0. The molecule has 6 heteroatoms. The van der Waals surface area contributed by atoms with Crippen molar-refractivity contribution >= 4 is 5.95 Å². The summed E-state index contributed by atoms with van der Waals surface area (Å²) >= 11 is 0. The van der Waals surface area contributed by atoms with Crippen molar-refractivity contribution in [3.05, 3.63) is 5.89 Å². The second kappa shape index (κ2) is 5.01. The van der Waals surface area contributed by atoms with E-state index in [-0.39, 0.29) is 0 Å². The third kappa shape index (κ3) is 2.42. The number of anilines is 1. The van der Waals surface area contributed by atoms with Gasteiger partial charge in [0.1, 0.15) is 5.60 Å². The average molecular weight is 240 g/mol. The summed E-state index contributed by atoms with van der Waals surface area (Å²) in [6.45, 7) is 7.29. The molecule has 17 heavy (non-hydrogen) atoms. The van der Waals surface area contributed by atoms with Crippen LogP contribution in [0.2, 0.25) is 0 Å². The lowest BCUT2D eigenvalue weighted by Crippen LogP contribution is -2.40. The third-order valence-electron chi connectivity index (χ3n) is 3.29. The van der Waals surface area contributed by atoms with Crippen LogP contribution >= 0.6 is 0 Å². The largest absolute Gasteiger partial charge is 0.380 e. The zero-order valence-corrected chi connectivity index (χ0v) is 10.4. The Morgan fingerprint density at radius 1 is 1.35 bits per heavy atom. The molecule has 1 saturated heterocycles. The molecular formula is C11H20N4O2. The lowest BCUT2D eigenvalue weighted by molar-refractivity contribution is -0.0228. The van der Waals surface area contributed by atoms with Gasteiger partial charge < -0.3 is 19.8 Å². The van der Waals surface area contributed by atoms with Gasteiger partial charge >= 0.3 is 0 Å². The molecule has 1 fully saturated rings. The number of hydrogen-bond donors (Lipinski definition) is 2. The van der Waals surface area contributed by atoms with Gasteiger partial charge in [0.2, 0.25) is 0 Å². The van der Waals surface area contributed by atoms with E-state index in [9.17, 15) is 5.11 Å². The van der Waals surface area contributed by atoms with Crippen LogP contribution in [0.5, 0.6) is 0 Å². The van der Waals surface area contributed by atoms with E-state index in [1.54, 1.807) is 0 Å². The Balaban J connectivity index is 2.16. The summed E-state index contributed by atoms with van der Waals surface area (Å²) in [4.78, 5) is 6.32. The molecule has 1 aromatic rings. The molecule has 0 radical (unpaired) electrons. The van der Waals surface area contributed by atoms with E-state index in [0.29, 0.717) is 24.7 Å². The SMILES string of the molecule is CCN(CC)c1noc(C2(O)CCNCC2)n1. The van der Waals surface area contributed by atoms with E-state index in [4.69, 9.17) is 4.52 Å². The van der Waals surface area contributed by atoms with Crippen molar-refractivity contribution in [3.8, 4) is 0 Å². The first kappa shape index (κ1) is 12.3. The topological polar surface area (TPSA) is 74.4 Å². The van der Waals surface area contributed by atoms with E-state index in [1.165, 1.54) is 0 Å². The van der Waals surface area contributed by atoms with Gasteiger partial charge in [0.15, 0.2) is 0 Å². The Morgan fingerprint density at radius 2 is 2.00 bits per heavy atom. The normalized spacial score (nSPS) is 19.2. The number of aromatic nitrogens is 2. The molecule has 2 N–H and O–H groups in total. The Labute approximate surface area is 101 Å². The van der Waals surface area contributed by atoms with Crippen LogP contribution < -0.4 is 10.2 Å². The summed E-state index contributed by atoms with van der Waals surface area (Å²) in [6.07, 6.45) is 1.24. The molecule has 6 nitrogen and oxygen atoms in total. The molecule has 0 aliphatic carbocycles. The predicted octanol–water partition coefficient (Wildman–Crippen LogP) is 0.487. The lowest BCUT2D eigenvalue weighted by Gasteiger charge is -2.28. The molecule has 0 atom stereocenters. The van der Waals surface area contributed by atoms with Crippen molar-refractivity contribution in [2.45, 2.75) is 32.3 Å². The van der Waals surface area contributed by atoms with Crippen molar-refractivity contribution in [2.75, 3.05) is 31.1 Å². The second-order valence-electron chi connectivity index (χ2n) is 4.35. The Hall–Kier alpha value is -1.14. The van der Waals surface area contributed by atoms with Crippen molar-refractivity contribution in [2.24, 2.45) is 0 Å². The summed E-state index contributed by atoms with van der Waals surface area (Å²) < 4.78 is 5.21. The number of nitrogens with zero attached hydrogens (tertiary/aromatic N) is 3. The van der Waals surface area contributed by atoms with Crippen LogP contribution in [0.15, 0.2) is 4.52 Å². The highest BCUT2D eigenvalue weighted by atomic mass is 16.5. The molecule has 1 aromatic heterocycles. The average Bonchev–Trinajstić information content (AvgIpc) is 2.82. The highest BCUT2D eigenvalue weighted by molar-refractivity contribution is 5.27. The maximum absolute atomic E-state index is 10.4. The van der Waals surface area contributed by atoms with Crippen molar-refractivity contribution in [1.82, 2.24) is 15.5 Å². The Kier molecular flexibility index (Phi) is 3.63. The highest BCUT2D eigenvalue weighted by Gasteiger charge is 2.37. The molecule has 0 spiro atoms. The lowest BCUT2D eigenvalue weighted by atomic mass is 9.92. The second-order valence-corrected chi connectivity index (χ2v) is 4.35. The number of piperidine rings is 1. The molecule has 0 saturated carbocycles. The first-order valence-corrected chi connectivity index (χ1v) is 6.22. The molecule has 2 heterocycles. The quantitative estimate of drug-likeness (QED) is 0.797. The van der Waals surface area contributed by atoms with E-state index in [0.717, 1.165) is 26.2 Å². The fraction of sp³-hybridized carbons (Fsp3) is 0.818. The minimum Gasteiger partial charge on any atom is -0.380 e. The van der Waals surface area contributed by atoms with Crippen molar-refractivity contribution < 1.29 is 9.63 Å². The Bertz CT molecular complexity index is 356. The van der Waals surface area contributed by atoms with Crippen LogP contribution in [0.1, 0.15) is 32.6 Å². The molecule has 0 unspecified atom stereocenters. The molecular weight excluding hydrogens is 220 g/mol. The van der Waals surface area contributed by atoms with Gasteiger partial charge in [-0.25, -0.2) is 0 Å². The highest BCUT2D eigenvalue weighted by Crippen LogP contribution is 2.30. The molecule has 2 rings (SSSR count). The van der Waals surface area contributed by atoms with Crippen LogP contribution in [-0.4, -0.2) is 41.4 Å². The molecule has 1 aliphatic heterocycles. The molecule has 96 valence electrons. The molecule has 0 aromatic carbocycles. The zero-order valence-electron chi connectivity index (χ0n) is 10.4. The van der Waals surface area contributed by atoms with Crippen molar-refractivity contribution in [3.63, 3.8) is 0 Å². The zero-order chi connectivity index (χ0) is 12.3. The Morgan fingerprint density at radius 3 is 2.59 bits per heavy atom. The fourth-order valence-electron chi connectivity index (χ4n) is 2.09. The smallest absolute Gasteiger partial charge is 0.266 e. The first-order chi connectivity index (χ1) is 8.19. The third-order valence-corrected chi connectivity index (χ3v) is 3.29. The molecule has 0 bridgehead atoms. The van der Waals surface area contributed by atoms with Crippen LogP contribution in [0.3, 0.4) is 0 Å². The number of hydrogen-bond acceptors (Lipinski definition) is 6. The van der Waals surface area contributed by atoms with E-state index in [1.807, 2.05) is 18.7 Å².